The quantitative estimate of drug-likeness (QED) is 0.752. The molecule has 0 atom stereocenters. The molecule has 0 aliphatic rings. The molecule has 1 aromatic heterocycles. The molecule has 2 aromatic carbocycles. The third-order valence-corrected chi connectivity index (χ3v) is 4.53. The van der Waals surface area contributed by atoms with Gasteiger partial charge in [-0.25, -0.2) is 4.98 Å². The average molecular weight is 336 g/mol. The number of halogens is 1. The molecule has 96 valence electrons. The van der Waals surface area contributed by atoms with Crippen molar-refractivity contribution in [1.82, 2.24) is 4.98 Å². The average Bonchev–Trinajstić information content (AvgIpc) is 2.84. The maximum atomic E-state index is 9.73. The van der Waals surface area contributed by atoms with E-state index in [1.54, 1.807) is 24.5 Å². The van der Waals surface area contributed by atoms with Crippen LogP contribution in [-0.4, -0.2) is 17.2 Å². The summed E-state index contributed by atoms with van der Waals surface area (Å²) < 4.78 is 6.95. The van der Waals surface area contributed by atoms with E-state index in [1.165, 1.54) is 0 Å². The van der Waals surface area contributed by atoms with E-state index in [0.717, 1.165) is 26.5 Å². The zero-order valence-electron chi connectivity index (χ0n) is 10.1. The Morgan fingerprint density at radius 1 is 1.21 bits per heavy atom. The fourth-order valence-electron chi connectivity index (χ4n) is 1.80. The van der Waals surface area contributed by atoms with Gasteiger partial charge in [0.05, 0.1) is 21.8 Å². The van der Waals surface area contributed by atoms with Crippen molar-refractivity contribution in [1.29, 1.82) is 0 Å². The summed E-state index contributed by atoms with van der Waals surface area (Å²) in [7, 11) is 1.65. The fraction of sp³-hybridized carbons (Fsp3) is 0.0714. The van der Waals surface area contributed by atoms with E-state index in [-0.39, 0.29) is 5.75 Å². The Hall–Kier alpha value is -1.59. The molecular weight excluding hydrogens is 326 g/mol. The number of hydrogen-bond acceptors (Lipinski definition) is 4. The Kier molecular flexibility index (Phi) is 3.16. The molecule has 19 heavy (non-hydrogen) atoms. The van der Waals surface area contributed by atoms with Crippen molar-refractivity contribution in [2.45, 2.75) is 0 Å². The van der Waals surface area contributed by atoms with Crippen molar-refractivity contribution in [2.24, 2.45) is 0 Å². The molecular formula is C14H10BrNO2S. The minimum Gasteiger partial charge on any atom is -0.507 e. The largest absolute Gasteiger partial charge is 0.507 e. The molecule has 0 amide bonds. The van der Waals surface area contributed by atoms with Crippen molar-refractivity contribution in [3.05, 3.63) is 40.9 Å². The van der Waals surface area contributed by atoms with Gasteiger partial charge in [0, 0.05) is 5.56 Å². The number of aromatic nitrogens is 1. The minimum absolute atomic E-state index is 0.217. The van der Waals surface area contributed by atoms with Crippen LogP contribution in [0.3, 0.4) is 0 Å². The lowest BCUT2D eigenvalue weighted by Crippen LogP contribution is -1.80. The van der Waals surface area contributed by atoms with Gasteiger partial charge in [-0.15, -0.1) is 11.3 Å². The maximum absolute atomic E-state index is 9.73. The van der Waals surface area contributed by atoms with Crippen LogP contribution in [0.5, 0.6) is 11.5 Å². The Bertz CT molecular complexity index is 754. The second-order valence-corrected chi connectivity index (χ2v) is 5.90. The number of methoxy groups -OCH3 is 1. The Balaban J connectivity index is 2.11. The van der Waals surface area contributed by atoms with Gasteiger partial charge in [0.2, 0.25) is 0 Å². The highest BCUT2D eigenvalue weighted by Crippen LogP contribution is 2.35. The fourth-order valence-corrected chi connectivity index (χ4v) is 3.04. The zero-order valence-corrected chi connectivity index (χ0v) is 12.5. The summed E-state index contributed by atoms with van der Waals surface area (Å²) in [6, 6.07) is 11.3. The highest BCUT2D eigenvalue weighted by atomic mass is 79.9. The van der Waals surface area contributed by atoms with E-state index in [2.05, 4.69) is 20.9 Å². The van der Waals surface area contributed by atoms with Gasteiger partial charge in [-0.05, 0) is 46.3 Å². The van der Waals surface area contributed by atoms with Crippen LogP contribution in [0.2, 0.25) is 0 Å². The first-order chi connectivity index (χ1) is 9.17. The zero-order chi connectivity index (χ0) is 13.4. The van der Waals surface area contributed by atoms with Crippen molar-refractivity contribution in [2.75, 3.05) is 7.11 Å². The van der Waals surface area contributed by atoms with E-state index in [9.17, 15) is 5.11 Å². The van der Waals surface area contributed by atoms with Gasteiger partial charge in [-0.1, -0.05) is 6.07 Å². The normalized spacial score (nSPS) is 10.8. The first-order valence-corrected chi connectivity index (χ1v) is 7.22. The predicted molar refractivity (Wildman–Crippen MR) is 81.0 cm³/mol. The Morgan fingerprint density at radius 3 is 2.79 bits per heavy atom. The summed E-state index contributed by atoms with van der Waals surface area (Å²) in [5.41, 5.74) is 1.84. The van der Waals surface area contributed by atoms with Gasteiger partial charge in [-0.3, -0.25) is 0 Å². The lowest BCUT2D eigenvalue weighted by molar-refractivity contribution is 0.415. The predicted octanol–water partition coefficient (Wildman–Crippen LogP) is 4.44. The molecule has 0 aliphatic carbocycles. The first kappa shape index (κ1) is 12.4. The molecule has 0 unspecified atom stereocenters. The summed E-state index contributed by atoms with van der Waals surface area (Å²) in [6.45, 7) is 0. The molecule has 3 aromatic rings. The third kappa shape index (κ3) is 2.31. The molecule has 0 bridgehead atoms. The molecule has 0 spiro atoms. The standard InChI is InChI=1S/C14H10BrNO2S/c1-18-9-3-5-11-13(7-9)19-14(16-11)8-2-4-10(15)12(17)6-8/h2-7,17H,1H3. The molecule has 0 saturated carbocycles. The Labute approximate surface area is 122 Å². The monoisotopic (exact) mass is 335 g/mol. The van der Waals surface area contributed by atoms with Crippen LogP contribution in [0.15, 0.2) is 40.9 Å². The lowest BCUT2D eigenvalue weighted by atomic mass is 10.2. The highest BCUT2D eigenvalue weighted by molar-refractivity contribution is 9.10. The minimum atomic E-state index is 0.217. The number of thiazole rings is 1. The number of aromatic hydroxyl groups is 1. The number of nitrogens with zero attached hydrogens (tertiary/aromatic N) is 1. The number of rotatable bonds is 2. The molecule has 0 fully saturated rings. The number of fused-ring (bicyclic) bond motifs is 1. The van der Waals surface area contributed by atoms with E-state index >= 15 is 0 Å². The Morgan fingerprint density at radius 2 is 2.05 bits per heavy atom. The highest BCUT2D eigenvalue weighted by Gasteiger charge is 2.09. The number of phenols is 1. The van der Waals surface area contributed by atoms with Crippen LogP contribution in [-0.2, 0) is 0 Å². The number of hydrogen-bond donors (Lipinski definition) is 1. The number of phenolic OH excluding ortho intramolecular Hbond substituents is 1. The van der Waals surface area contributed by atoms with Gasteiger partial charge in [-0.2, -0.15) is 0 Å². The summed E-state index contributed by atoms with van der Waals surface area (Å²) in [6.07, 6.45) is 0. The van der Waals surface area contributed by atoms with Crippen LogP contribution < -0.4 is 4.74 Å². The molecule has 0 aliphatic heterocycles. The molecule has 5 heteroatoms. The van der Waals surface area contributed by atoms with Crippen molar-refractivity contribution >= 4 is 37.5 Å². The van der Waals surface area contributed by atoms with Crippen LogP contribution in [0.1, 0.15) is 0 Å². The number of ether oxygens (including phenoxy) is 1. The molecule has 0 radical (unpaired) electrons. The molecule has 0 saturated heterocycles. The van der Waals surface area contributed by atoms with Gasteiger partial charge < -0.3 is 9.84 Å². The SMILES string of the molecule is COc1ccc2nc(-c3ccc(Br)c(O)c3)sc2c1. The number of benzene rings is 2. The van der Waals surface area contributed by atoms with Gasteiger partial charge >= 0.3 is 0 Å². The van der Waals surface area contributed by atoms with Gasteiger partial charge in [0.15, 0.2) is 0 Å². The summed E-state index contributed by atoms with van der Waals surface area (Å²) in [4.78, 5) is 4.57. The van der Waals surface area contributed by atoms with Crippen LogP contribution >= 0.6 is 27.3 Å². The lowest BCUT2D eigenvalue weighted by Gasteiger charge is -1.99. The van der Waals surface area contributed by atoms with Gasteiger partial charge in [0.25, 0.3) is 0 Å². The van der Waals surface area contributed by atoms with E-state index < -0.39 is 0 Å². The van der Waals surface area contributed by atoms with E-state index in [4.69, 9.17) is 4.74 Å². The van der Waals surface area contributed by atoms with Crippen LogP contribution in [0, 0.1) is 0 Å². The van der Waals surface area contributed by atoms with Crippen molar-refractivity contribution in [3.8, 4) is 22.1 Å². The topological polar surface area (TPSA) is 42.4 Å². The third-order valence-electron chi connectivity index (χ3n) is 2.79. The second-order valence-electron chi connectivity index (χ2n) is 4.02. The second kappa shape index (κ2) is 4.83. The maximum Gasteiger partial charge on any atom is 0.130 e. The smallest absolute Gasteiger partial charge is 0.130 e. The van der Waals surface area contributed by atoms with Crippen molar-refractivity contribution < 1.29 is 9.84 Å². The molecule has 1 N–H and O–H groups in total. The van der Waals surface area contributed by atoms with E-state index in [0.29, 0.717) is 4.47 Å². The van der Waals surface area contributed by atoms with Crippen molar-refractivity contribution in [3.63, 3.8) is 0 Å². The van der Waals surface area contributed by atoms with E-state index in [1.807, 2.05) is 30.3 Å². The molecule has 1 heterocycles. The summed E-state index contributed by atoms with van der Waals surface area (Å²) in [5.74, 6) is 1.04. The molecule has 3 rings (SSSR count). The molecule has 3 nitrogen and oxygen atoms in total. The first-order valence-electron chi connectivity index (χ1n) is 5.61. The van der Waals surface area contributed by atoms with Gasteiger partial charge in [0.1, 0.15) is 16.5 Å². The summed E-state index contributed by atoms with van der Waals surface area (Å²) >= 11 is 4.85. The summed E-state index contributed by atoms with van der Waals surface area (Å²) in [5, 5.41) is 10.6. The van der Waals surface area contributed by atoms with Crippen LogP contribution in [0.25, 0.3) is 20.8 Å². The van der Waals surface area contributed by atoms with Crippen LogP contribution in [0.4, 0.5) is 0 Å².